The normalized spacial score (nSPS) is 10.8. The van der Waals surface area contributed by atoms with Gasteiger partial charge in [0.25, 0.3) is 5.91 Å². The maximum atomic E-state index is 12.3. The summed E-state index contributed by atoms with van der Waals surface area (Å²) in [7, 11) is 1.52. The van der Waals surface area contributed by atoms with Crippen LogP contribution in [-0.2, 0) is 6.54 Å². The predicted octanol–water partition coefficient (Wildman–Crippen LogP) is 0.644. The number of carbonyl (C=O) groups excluding carboxylic acids is 1. The Balaban J connectivity index is 1.48. The number of para-hydroxylation sites is 1. The van der Waals surface area contributed by atoms with Crippen molar-refractivity contribution in [3.05, 3.63) is 60.2 Å². The Labute approximate surface area is 147 Å². The average Bonchev–Trinajstić information content (AvgIpc) is 3.34. The second-order valence-electron chi connectivity index (χ2n) is 5.30. The topological polar surface area (TPSA) is 112 Å². The lowest BCUT2D eigenvalue weighted by molar-refractivity contribution is 0.0944. The summed E-state index contributed by atoms with van der Waals surface area (Å²) in [4.78, 5) is 13.7. The van der Waals surface area contributed by atoms with E-state index in [-0.39, 0.29) is 18.1 Å². The minimum atomic E-state index is -0.369. The van der Waals surface area contributed by atoms with E-state index in [1.54, 1.807) is 12.1 Å². The molecule has 10 heteroatoms. The first kappa shape index (κ1) is 15.7. The van der Waals surface area contributed by atoms with Crippen molar-refractivity contribution < 1.29 is 9.53 Å². The number of fused-ring (bicyclic) bond motifs is 1. The molecule has 130 valence electrons. The van der Waals surface area contributed by atoms with E-state index >= 15 is 0 Å². The highest BCUT2D eigenvalue weighted by molar-refractivity contribution is 5.91. The molecule has 3 aromatic heterocycles. The van der Waals surface area contributed by atoms with Gasteiger partial charge in [-0.05, 0) is 18.2 Å². The molecule has 0 unspecified atom stereocenters. The molecule has 0 saturated heterocycles. The summed E-state index contributed by atoms with van der Waals surface area (Å²) in [6.07, 6.45) is 1.41. The van der Waals surface area contributed by atoms with Crippen molar-refractivity contribution in [2.45, 2.75) is 6.54 Å². The molecule has 3 heterocycles. The Morgan fingerprint density at radius 2 is 1.96 bits per heavy atom. The van der Waals surface area contributed by atoms with Crippen molar-refractivity contribution in [2.24, 2.45) is 0 Å². The zero-order valence-corrected chi connectivity index (χ0v) is 13.8. The Kier molecular flexibility index (Phi) is 3.98. The second kappa shape index (κ2) is 6.59. The van der Waals surface area contributed by atoms with Gasteiger partial charge in [0.15, 0.2) is 17.2 Å². The number of ether oxygens (including phenoxy) is 1. The van der Waals surface area contributed by atoms with Gasteiger partial charge in [-0.1, -0.05) is 18.2 Å². The van der Waals surface area contributed by atoms with Crippen LogP contribution in [0.4, 0.5) is 0 Å². The lowest BCUT2D eigenvalue weighted by Crippen LogP contribution is -2.24. The van der Waals surface area contributed by atoms with Gasteiger partial charge in [0.2, 0.25) is 5.88 Å². The minimum absolute atomic E-state index is 0.137. The molecular weight excluding hydrogens is 336 g/mol. The number of aromatic nitrogens is 7. The summed E-state index contributed by atoms with van der Waals surface area (Å²) in [6, 6.07) is 12.8. The smallest absolute Gasteiger partial charge is 0.273 e. The van der Waals surface area contributed by atoms with Crippen molar-refractivity contribution in [2.75, 3.05) is 7.11 Å². The number of carbonyl (C=O) groups is 1. The number of nitrogens with one attached hydrogen (secondary N) is 1. The van der Waals surface area contributed by atoms with E-state index in [1.807, 2.05) is 30.3 Å². The number of nitrogens with zero attached hydrogens (tertiary/aromatic N) is 7. The standard InChI is InChI=1S/C16H14N8O2/c1-26-15-8-7-13-19-20-14(23(13)22-15)10-17-16(25)12-9-18-24(21-12)11-5-3-2-4-6-11/h2-9H,10H2,1H3,(H,17,25). The van der Waals surface area contributed by atoms with E-state index in [1.165, 1.54) is 22.6 Å². The van der Waals surface area contributed by atoms with Crippen LogP contribution in [0.1, 0.15) is 16.3 Å². The van der Waals surface area contributed by atoms with Crippen LogP contribution >= 0.6 is 0 Å². The number of methoxy groups -OCH3 is 1. The van der Waals surface area contributed by atoms with Gasteiger partial charge < -0.3 is 10.1 Å². The number of amides is 1. The maximum absolute atomic E-state index is 12.3. The van der Waals surface area contributed by atoms with Gasteiger partial charge >= 0.3 is 0 Å². The molecule has 0 aliphatic carbocycles. The Bertz CT molecular complexity index is 1060. The third-order valence-electron chi connectivity index (χ3n) is 3.63. The fraction of sp³-hybridized carbons (Fsp3) is 0.125. The lowest BCUT2D eigenvalue weighted by Gasteiger charge is -2.03. The van der Waals surface area contributed by atoms with E-state index in [0.29, 0.717) is 17.4 Å². The molecule has 1 amide bonds. The monoisotopic (exact) mass is 350 g/mol. The van der Waals surface area contributed by atoms with Gasteiger partial charge in [-0.15, -0.1) is 20.4 Å². The summed E-state index contributed by atoms with van der Waals surface area (Å²) < 4.78 is 6.60. The van der Waals surface area contributed by atoms with Crippen molar-refractivity contribution >= 4 is 11.6 Å². The quantitative estimate of drug-likeness (QED) is 0.562. The molecule has 1 N–H and O–H groups in total. The molecule has 4 rings (SSSR count). The first-order chi connectivity index (χ1) is 12.7. The molecule has 1 aromatic carbocycles. The van der Waals surface area contributed by atoms with Crippen molar-refractivity contribution in [1.82, 2.24) is 40.1 Å². The van der Waals surface area contributed by atoms with Crippen LogP contribution in [-0.4, -0.2) is 47.8 Å². The maximum Gasteiger partial charge on any atom is 0.273 e. The highest BCUT2D eigenvalue weighted by Crippen LogP contribution is 2.09. The highest BCUT2D eigenvalue weighted by Gasteiger charge is 2.14. The van der Waals surface area contributed by atoms with Crippen LogP contribution in [0, 0.1) is 0 Å². The molecule has 0 bridgehead atoms. The fourth-order valence-corrected chi connectivity index (χ4v) is 2.34. The summed E-state index contributed by atoms with van der Waals surface area (Å²) in [5, 5.41) is 23.3. The lowest BCUT2D eigenvalue weighted by atomic mass is 10.3. The van der Waals surface area contributed by atoms with Crippen LogP contribution in [0.15, 0.2) is 48.7 Å². The molecule has 4 aromatic rings. The zero-order valence-electron chi connectivity index (χ0n) is 13.8. The number of hydrogen-bond acceptors (Lipinski definition) is 7. The van der Waals surface area contributed by atoms with E-state index in [0.717, 1.165) is 5.69 Å². The SMILES string of the molecule is COc1ccc2nnc(CNC(=O)c3cnn(-c4ccccc4)n3)n2n1. The minimum Gasteiger partial charge on any atom is -0.480 e. The number of hydrogen-bond donors (Lipinski definition) is 1. The molecule has 0 saturated carbocycles. The molecule has 0 atom stereocenters. The summed E-state index contributed by atoms with van der Waals surface area (Å²) in [5.41, 5.74) is 1.53. The van der Waals surface area contributed by atoms with Gasteiger partial charge in [0.1, 0.15) is 0 Å². The molecule has 0 spiro atoms. The van der Waals surface area contributed by atoms with Crippen LogP contribution in [0.2, 0.25) is 0 Å². The molecule has 0 aliphatic rings. The van der Waals surface area contributed by atoms with Crippen LogP contribution in [0.3, 0.4) is 0 Å². The van der Waals surface area contributed by atoms with Gasteiger partial charge in [-0.3, -0.25) is 4.79 Å². The van der Waals surface area contributed by atoms with Gasteiger partial charge in [-0.2, -0.15) is 14.4 Å². The van der Waals surface area contributed by atoms with Gasteiger partial charge in [0.05, 0.1) is 25.5 Å². The van der Waals surface area contributed by atoms with Crippen molar-refractivity contribution in [3.63, 3.8) is 0 Å². The second-order valence-corrected chi connectivity index (χ2v) is 5.30. The average molecular weight is 350 g/mol. The summed E-state index contributed by atoms with van der Waals surface area (Å²) in [5.74, 6) is 0.533. The Morgan fingerprint density at radius 3 is 2.77 bits per heavy atom. The van der Waals surface area contributed by atoms with E-state index in [9.17, 15) is 4.79 Å². The summed E-state index contributed by atoms with van der Waals surface area (Å²) in [6.45, 7) is 0.137. The van der Waals surface area contributed by atoms with Crippen molar-refractivity contribution in [1.29, 1.82) is 0 Å². The first-order valence-corrected chi connectivity index (χ1v) is 7.76. The number of benzene rings is 1. The molecule has 0 aliphatic heterocycles. The summed E-state index contributed by atoms with van der Waals surface area (Å²) >= 11 is 0. The third-order valence-corrected chi connectivity index (χ3v) is 3.63. The third kappa shape index (κ3) is 2.95. The molecular formula is C16H14N8O2. The van der Waals surface area contributed by atoms with Crippen LogP contribution in [0.5, 0.6) is 5.88 Å². The molecule has 26 heavy (non-hydrogen) atoms. The van der Waals surface area contributed by atoms with Crippen molar-refractivity contribution in [3.8, 4) is 11.6 Å². The largest absolute Gasteiger partial charge is 0.480 e. The van der Waals surface area contributed by atoms with Crippen LogP contribution < -0.4 is 10.1 Å². The van der Waals surface area contributed by atoms with Gasteiger partial charge in [0, 0.05) is 6.07 Å². The molecule has 0 fully saturated rings. The predicted molar refractivity (Wildman–Crippen MR) is 89.9 cm³/mol. The zero-order chi connectivity index (χ0) is 17.9. The molecule has 0 radical (unpaired) electrons. The van der Waals surface area contributed by atoms with E-state index in [4.69, 9.17) is 4.74 Å². The van der Waals surface area contributed by atoms with E-state index < -0.39 is 0 Å². The Hall–Kier alpha value is -3.82. The molecule has 10 nitrogen and oxygen atoms in total. The highest BCUT2D eigenvalue weighted by atomic mass is 16.5. The Morgan fingerprint density at radius 1 is 1.12 bits per heavy atom. The van der Waals surface area contributed by atoms with Crippen LogP contribution in [0.25, 0.3) is 11.3 Å². The number of rotatable bonds is 5. The van der Waals surface area contributed by atoms with Gasteiger partial charge in [-0.25, -0.2) is 0 Å². The first-order valence-electron chi connectivity index (χ1n) is 7.76. The fourth-order valence-electron chi connectivity index (χ4n) is 2.34. The van der Waals surface area contributed by atoms with E-state index in [2.05, 4.69) is 30.8 Å².